The Morgan fingerprint density at radius 1 is 1.04 bits per heavy atom. The third-order valence-electron chi connectivity index (χ3n) is 4.51. The fourth-order valence-corrected chi connectivity index (χ4v) is 2.96. The number of hydrazine groups is 1. The van der Waals surface area contributed by atoms with Crippen LogP contribution in [0.15, 0.2) is 42.6 Å². The molecule has 1 aromatic heterocycles. The third-order valence-corrected chi connectivity index (χ3v) is 4.51. The molecule has 0 unspecified atom stereocenters. The minimum atomic E-state index is -0.915. The molecule has 0 radical (unpaired) electrons. The number of carbonyl (C=O) groups is 3. The lowest BCUT2D eigenvalue weighted by molar-refractivity contribution is -0.127. The number of carbonyl (C=O) groups excluding carboxylic acids is 3. The molecule has 146 valence electrons. The Labute approximate surface area is 159 Å². The van der Waals surface area contributed by atoms with Crippen LogP contribution in [0.5, 0.6) is 0 Å². The van der Waals surface area contributed by atoms with E-state index in [9.17, 15) is 23.2 Å². The van der Waals surface area contributed by atoms with E-state index in [1.807, 2.05) is 0 Å². The molecule has 2 heterocycles. The Hall–Kier alpha value is -3.36. The maximum atomic E-state index is 13.8. The smallest absolute Gasteiger partial charge is 0.288 e. The summed E-state index contributed by atoms with van der Waals surface area (Å²) in [5, 5.41) is 0. The molecule has 2 N–H and O–H groups in total. The van der Waals surface area contributed by atoms with Gasteiger partial charge in [0.1, 0.15) is 17.3 Å². The highest BCUT2D eigenvalue weighted by Crippen LogP contribution is 2.20. The Balaban J connectivity index is 1.50. The Morgan fingerprint density at radius 3 is 2.43 bits per heavy atom. The van der Waals surface area contributed by atoms with Crippen molar-refractivity contribution >= 4 is 17.7 Å². The molecule has 1 aromatic carbocycles. The summed E-state index contributed by atoms with van der Waals surface area (Å²) in [6.45, 7) is 0.504. The molecule has 0 saturated carbocycles. The molecule has 2 aromatic rings. The van der Waals surface area contributed by atoms with E-state index in [0.29, 0.717) is 18.9 Å². The van der Waals surface area contributed by atoms with E-state index >= 15 is 0 Å². The average molecular weight is 388 g/mol. The molecule has 1 aliphatic heterocycles. The number of hydrogen-bond acceptors (Lipinski definition) is 4. The predicted molar refractivity (Wildman–Crippen MR) is 94.8 cm³/mol. The number of likely N-dealkylation sites (tertiary alicyclic amines) is 1. The lowest BCUT2D eigenvalue weighted by Gasteiger charge is -2.31. The first-order valence-electron chi connectivity index (χ1n) is 8.71. The molecule has 1 fully saturated rings. The number of hydrogen-bond donors (Lipinski definition) is 2. The van der Waals surface area contributed by atoms with Gasteiger partial charge in [0.25, 0.3) is 11.8 Å². The fourth-order valence-electron chi connectivity index (χ4n) is 2.96. The number of halogens is 2. The molecular formula is C19H18F2N4O3. The zero-order valence-electron chi connectivity index (χ0n) is 14.8. The molecule has 1 saturated heterocycles. The minimum Gasteiger partial charge on any atom is -0.339 e. The largest absolute Gasteiger partial charge is 0.339 e. The molecular weight excluding hydrogens is 370 g/mol. The van der Waals surface area contributed by atoms with Gasteiger partial charge in [0.2, 0.25) is 5.91 Å². The Bertz CT molecular complexity index is 884. The van der Waals surface area contributed by atoms with E-state index < -0.39 is 29.4 Å². The van der Waals surface area contributed by atoms with E-state index in [2.05, 4.69) is 15.8 Å². The number of nitrogens with one attached hydrogen (secondary N) is 2. The number of pyridine rings is 1. The molecule has 9 heteroatoms. The van der Waals surface area contributed by atoms with Crippen LogP contribution < -0.4 is 10.9 Å². The van der Waals surface area contributed by atoms with Crippen molar-refractivity contribution in [3.05, 3.63) is 65.5 Å². The summed E-state index contributed by atoms with van der Waals surface area (Å²) in [5.74, 6) is -3.51. The molecule has 0 spiro atoms. The molecule has 0 atom stereocenters. The van der Waals surface area contributed by atoms with Gasteiger partial charge in [0.05, 0.1) is 5.56 Å². The van der Waals surface area contributed by atoms with Crippen LogP contribution in [0.1, 0.15) is 33.7 Å². The van der Waals surface area contributed by atoms with E-state index in [1.165, 1.54) is 17.2 Å². The topological polar surface area (TPSA) is 91.4 Å². The summed E-state index contributed by atoms with van der Waals surface area (Å²) in [5.41, 5.74) is 4.63. The summed E-state index contributed by atoms with van der Waals surface area (Å²) in [6, 6.07) is 7.64. The van der Waals surface area contributed by atoms with Gasteiger partial charge in [-0.15, -0.1) is 0 Å². The molecule has 28 heavy (non-hydrogen) atoms. The number of nitrogens with zero attached hydrogens (tertiary/aromatic N) is 2. The van der Waals surface area contributed by atoms with Crippen LogP contribution in [0.25, 0.3) is 0 Å². The van der Waals surface area contributed by atoms with Crippen molar-refractivity contribution in [2.75, 3.05) is 13.1 Å². The maximum Gasteiger partial charge on any atom is 0.288 e. The van der Waals surface area contributed by atoms with Crippen molar-refractivity contribution in [2.45, 2.75) is 12.8 Å². The molecule has 3 amide bonds. The van der Waals surface area contributed by atoms with E-state index in [-0.39, 0.29) is 30.3 Å². The first-order valence-corrected chi connectivity index (χ1v) is 8.71. The van der Waals surface area contributed by atoms with Crippen molar-refractivity contribution < 1.29 is 23.2 Å². The van der Waals surface area contributed by atoms with Crippen molar-refractivity contribution in [3.8, 4) is 0 Å². The second-order valence-corrected chi connectivity index (χ2v) is 6.35. The van der Waals surface area contributed by atoms with Gasteiger partial charge >= 0.3 is 0 Å². The second-order valence-electron chi connectivity index (χ2n) is 6.35. The summed E-state index contributed by atoms with van der Waals surface area (Å²) in [4.78, 5) is 41.8. The van der Waals surface area contributed by atoms with Gasteiger partial charge < -0.3 is 4.90 Å². The first kappa shape index (κ1) is 19.4. The summed E-state index contributed by atoms with van der Waals surface area (Å²) >= 11 is 0. The van der Waals surface area contributed by atoms with Crippen LogP contribution >= 0.6 is 0 Å². The predicted octanol–water partition coefficient (Wildman–Crippen LogP) is 1.67. The Morgan fingerprint density at radius 2 is 1.79 bits per heavy atom. The SMILES string of the molecule is O=C(NNC(=O)C1CCN(C(=O)c2ccc(F)cc2F)CC1)c1ccccn1. The van der Waals surface area contributed by atoms with Crippen molar-refractivity contribution in [1.82, 2.24) is 20.7 Å². The van der Waals surface area contributed by atoms with E-state index in [4.69, 9.17) is 0 Å². The lowest BCUT2D eigenvalue weighted by Crippen LogP contribution is -2.48. The van der Waals surface area contributed by atoms with Gasteiger partial charge in [-0.1, -0.05) is 6.07 Å². The van der Waals surface area contributed by atoms with E-state index in [0.717, 1.165) is 12.1 Å². The monoisotopic (exact) mass is 388 g/mol. The summed E-state index contributed by atoms with van der Waals surface area (Å²) in [6.07, 6.45) is 2.19. The molecule has 3 rings (SSSR count). The van der Waals surface area contributed by atoms with E-state index in [1.54, 1.807) is 12.1 Å². The van der Waals surface area contributed by atoms with Gasteiger partial charge in [0, 0.05) is 31.3 Å². The Kier molecular flexibility index (Phi) is 5.93. The van der Waals surface area contributed by atoms with Crippen LogP contribution in [0.2, 0.25) is 0 Å². The summed E-state index contributed by atoms with van der Waals surface area (Å²) in [7, 11) is 0. The molecule has 0 aliphatic carbocycles. The van der Waals surface area contributed by atoms with Gasteiger partial charge in [-0.2, -0.15) is 0 Å². The number of rotatable bonds is 3. The fraction of sp³-hybridized carbons (Fsp3) is 0.263. The van der Waals surface area contributed by atoms with Crippen molar-refractivity contribution in [1.29, 1.82) is 0 Å². The van der Waals surface area contributed by atoms with Crippen LogP contribution in [0.4, 0.5) is 8.78 Å². The molecule has 7 nitrogen and oxygen atoms in total. The number of piperidine rings is 1. The van der Waals surface area contributed by atoms with Crippen LogP contribution in [-0.4, -0.2) is 40.7 Å². The molecule has 1 aliphatic rings. The highest BCUT2D eigenvalue weighted by atomic mass is 19.1. The third kappa shape index (κ3) is 4.48. The molecule has 0 bridgehead atoms. The number of amides is 3. The first-order chi connectivity index (χ1) is 13.5. The maximum absolute atomic E-state index is 13.8. The van der Waals surface area contributed by atoms with Crippen LogP contribution in [0.3, 0.4) is 0 Å². The van der Waals surface area contributed by atoms with Gasteiger partial charge in [0.15, 0.2) is 0 Å². The van der Waals surface area contributed by atoms with Crippen LogP contribution in [0, 0.1) is 17.6 Å². The van der Waals surface area contributed by atoms with Gasteiger partial charge in [-0.3, -0.25) is 30.2 Å². The zero-order chi connectivity index (χ0) is 20.1. The van der Waals surface area contributed by atoms with Crippen LogP contribution in [-0.2, 0) is 4.79 Å². The highest BCUT2D eigenvalue weighted by Gasteiger charge is 2.29. The minimum absolute atomic E-state index is 0.171. The number of benzene rings is 1. The lowest BCUT2D eigenvalue weighted by atomic mass is 9.95. The quantitative estimate of drug-likeness (QED) is 0.783. The second kappa shape index (κ2) is 8.55. The van der Waals surface area contributed by atoms with Gasteiger partial charge in [-0.25, -0.2) is 8.78 Å². The summed E-state index contributed by atoms with van der Waals surface area (Å²) < 4.78 is 26.8. The standard InChI is InChI=1S/C19H18F2N4O3/c20-13-4-5-14(15(21)11-13)19(28)25-9-6-12(7-10-25)17(26)23-24-18(27)16-3-1-2-8-22-16/h1-5,8,11-12H,6-7,9-10H2,(H,23,26)(H,24,27). The van der Waals surface area contributed by atoms with Crippen molar-refractivity contribution in [3.63, 3.8) is 0 Å². The van der Waals surface area contributed by atoms with Crippen molar-refractivity contribution in [2.24, 2.45) is 5.92 Å². The number of aromatic nitrogens is 1. The highest BCUT2D eigenvalue weighted by molar-refractivity contribution is 5.95. The zero-order valence-corrected chi connectivity index (χ0v) is 14.8. The normalized spacial score (nSPS) is 14.4. The average Bonchev–Trinajstić information content (AvgIpc) is 2.72. The van der Waals surface area contributed by atoms with Gasteiger partial charge in [-0.05, 0) is 37.1 Å².